The molecule has 1 aromatic carbocycles. The average Bonchev–Trinajstić information content (AvgIpc) is 2.18. The van der Waals surface area contributed by atoms with Crippen molar-refractivity contribution >= 4 is 33.3 Å². The molecule has 1 aromatic rings. The van der Waals surface area contributed by atoms with Crippen molar-refractivity contribution in [1.82, 2.24) is 0 Å². The van der Waals surface area contributed by atoms with Crippen LogP contribution in [0.25, 0.3) is 0 Å². The highest BCUT2D eigenvalue weighted by Crippen LogP contribution is 2.23. The van der Waals surface area contributed by atoms with Crippen LogP contribution < -0.4 is 0 Å². The number of Topliss-reactive ketones (excluding diaryl/α,β-unsaturated/α-hetero) is 1. The molecule has 0 aliphatic heterocycles. The Morgan fingerprint density at radius 1 is 1.57 bits per heavy atom. The van der Waals surface area contributed by atoms with Crippen LogP contribution >= 0.6 is 27.5 Å². The van der Waals surface area contributed by atoms with E-state index >= 15 is 0 Å². The van der Waals surface area contributed by atoms with Gasteiger partial charge in [-0.05, 0) is 41.1 Å². The van der Waals surface area contributed by atoms with Crippen molar-refractivity contribution in [1.29, 1.82) is 0 Å². The molecule has 0 unspecified atom stereocenters. The maximum absolute atomic E-state index is 11.5. The second-order valence-electron chi connectivity index (χ2n) is 2.69. The Labute approximate surface area is 96.3 Å². The highest BCUT2D eigenvalue weighted by molar-refractivity contribution is 9.10. The first-order valence-electron chi connectivity index (χ1n) is 4.21. The minimum atomic E-state index is -0.0378. The molecule has 14 heavy (non-hydrogen) atoms. The maximum atomic E-state index is 11.5. The average molecular weight is 278 g/mol. The number of rotatable bonds is 4. The molecule has 0 atom stereocenters. The number of halogens is 2. The molecule has 1 rings (SSSR count). The van der Waals surface area contributed by atoms with Crippen molar-refractivity contribution in [2.75, 3.05) is 13.2 Å². The third-order valence-corrected chi connectivity index (χ3v) is 2.89. The van der Waals surface area contributed by atoms with Crippen LogP contribution in [-0.2, 0) is 4.74 Å². The standard InChI is InChI=1S/C10H10BrClO2/c1-2-14-6-10(13)7-3-4-9(12)8(11)5-7/h3-5H,2,6H2,1H3. The summed E-state index contributed by atoms with van der Waals surface area (Å²) in [4.78, 5) is 11.5. The molecule has 2 nitrogen and oxygen atoms in total. The third kappa shape index (κ3) is 3.08. The van der Waals surface area contributed by atoms with E-state index in [9.17, 15) is 4.79 Å². The number of ketones is 1. The van der Waals surface area contributed by atoms with Gasteiger partial charge in [-0.2, -0.15) is 0 Å². The summed E-state index contributed by atoms with van der Waals surface area (Å²) < 4.78 is 5.75. The Kier molecular flexibility index (Phi) is 4.58. The van der Waals surface area contributed by atoms with Crippen LogP contribution in [0.15, 0.2) is 22.7 Å². The molecular formula is C10H10BrClO2. The lowest BCUT2D eigenvalue weighted by molar-refractivity contribution is 0.0783. The van der Waals surface area contributed by atoms with Crippen molar-refractivity contribution in [3.63, 3.8) is 0 Å². The fourth-order valence-electron chi connectivity index (χ4n) is 0.948. The second kappa shape index (κ2) is 5.49. The Morgan fingerprint density at radius 3 is 2.86 bits per heavy atom. The molecule has 0 radical (unpaired) electrons. The topological polar surface area (TPSA) is 26.3 Å². The molecule has 0 aromatic heterocycles. The molecule has 4 heteroatoms. The summed E-state index contributed by atoms with van der Waals surface area (Å²) in [6.45, 7) is 2.51. The minimum absolute atomic E-state index is 0.0378. The quantitative estimate of drug-likeness (QED) is 0.789. The van der Waals surface area contributed by atoms with Crippen LogP contribution in [0.2, 0.25) is 5.02 Å². The predicted molar refractivity (Wildman–Crippen MR) is 60.0 cm³/mol. The fourth-order valence-corrected chi connectivity index (χ4v) is 1.44. The van der Waals surface area contributed by atoms with Gasteiger partial charge in [-0.15, -0.1) is 0 Å². The second-order valence-corrected chi connectivity index (χ2v) is 3.95. The molecule has 76 valence electrons. The number of hydrogen-bond donors (Lipinski definition) is 0. The lowest BCUT2D eigenvalue weighted by Crippen LogP contribution is -2.08. The van der Waals surface area contributed by atoms with E-state index in [1.807, 2.05) is 6.92 Å². The van der Waals surface area contributed by atoms with Crippen LogP contribution in [0.4, 0.5) is 0 Å². The van der Waals surface area contributed by atoms with E-state index in [1.165, 1.54) is 0 Å². The number of ether oxygens (including phenoxy) is 1. The molecule has 0 aliphatic carbocycles. The van der Waals surface area contributed by atoms with Gasteiger partial charge in [0.1, 0.15) is 6.61 Å². The molecule has 0 heterocycles. The van der Waals surface area contributed by atoms with Crippen LogP contribution in [0.1, 0.15) is 17.3 Å². The van der Waals surface area contributed by atoms with Crippen LogP contribution in [0.3, 0.4) is 0 Å². The molecule has 0 saturated heterocycles. The van der Waals surface area contributed by atoms with Crippen molar-refractivity contribution in [3.8, 4) is 0 Å². The van der Waals surface area contributed by atoms with Crippen molar-refractivity contribution < 1.29 is 9.53 Å². The first kappa shape index (κ1) is 11.7. The number of hydrogen-bond acceptors (Lipinski definition) is 2. The molecule has 0 amide bonds. The largest absolute Gasteiger partial charge is 0.374 e. The highest BCUT2D eigenvalue weighted by Gasteiger charge is 2.07. The van der Waals surface area contributed by atoms with Gasteiger partial charge in [-0.25, -0.2) is 0 Å². The van der Waals surface area contributed by atoms with Gasteiger partial charge in [-0.3, -0.25) is 4.79 Å². The van der Waals surface area contributed by atoms with E-state index in [-0.39, 0.29) is 12.4 Å². The first-order chi connectivity index (χ1) is 6.65. The van der Waals surface area contributed by atoms with E-state index in [0.717, 1.165) is 4.47 Å². The van der Waals surface area contributed by atoms with Crippen LogP contribution in [-0.4, -0.2) is 19.0 Å². The van der Waals surface area contributed by atoms with Gasteiger partial charge < -0.3 is 4.74 Å². The van der Waals surface area contributed by atoms with Gasteiger partial charge >= 0.3 is 0 Å². The zero-order chi connectivity index (χ0) is 10.6. The SMILES string of the molecule is CCOCC(=O)c1ccc(Cl)c(Br)c1. The molecule has 0 saturated carbocycles. The van der Waals surface area contributed by atoms with Crippen LogP contribution in [0.5, 0.6) is 0 Å². The summed E-state index contributed by atoms with van der Waals surface area (Å²) >= 11 is 9.06. The van der Waals surface area contributed by atoms with Crippen LogP contribution in [0, 0.1) is 0 Å². The van der Waals surface area contributed by atoms with E-state index < -0.39 is 0 Å². The summed E-state index contributed by atoms with van der Waals surface area (Å²) in [5, 5.41) is 0.595. The Balaban J connectivity index is 2.76. The summed E-state index contributed by atoms with van der Waals surface area (Å²) in [6, 6.07) is 5.07. The summed E-state index contributed by atoms with van der Waals surface area (Å²) in [5.74, 6) is -0.0378. The van der Waals surface area contributed by atoms with E-state index in [4.69, 9.17) is 16.3 Å². The number of carbonyl (C=O) groups is 1. The smallest absolute Gasteiger partial charge is 0.188 e. The molecule has 0 N–H and O–H groups in total. The zero-order valence-corrected chi connectivity index (χ0v) is 10.1. The van der Waals surface area contributed by atoms with Gasteiger partial charge in [0.05, 0.1) is 5.02 Å². The minimum Gasteiger partial charge on any atom is -0.374 e. The molecule has 0 spiro atoms. The van der Waals surface area contributed by atoms with Gasteiger partial charge in [-0.1, -0.05) is 11.6 Å². The van der Waals surface area contributed by atoms with Crippen molar-refractivity contribution in [2.24, 2.45) is 0 Å². The lowest BCUT2D eigenvalue weighted by Gasteiger charge is -2.02. The zero-order valence-electron chi connectivity index (χ0n) is 7.72. The maximum Gasteiger partial charge on any atom is 0.188 e. The highest BCUT2D eigenvalue weighted by atomic mass is 79.9. The van der Waals surface area contributed by atoms with Crippen molar-refractivity contribution in [3.05, 3.63) is 33.3 Å². The van der Waals surface area contributed by atoms with Gasteiger partial charge in [0.2, 0.25) is 0 Å². The number of benzene rings is 1. The van der Waals surface area contributed by atoms with E-state index in [0.29, 0.717) is 17.2 Å². The van der Waals surface area contributed by atoms with E-state index in [2.05, 4.69) is 15.9 Å². The summed E-state index contributed by atoms with van der Waals surface area (Å²) in [6.07, 6.45) is 0. The molecule has 0 fully saturated rings. The van der Waals surface area contributed by atoms with Gasteiger partial charge in [0.25, 0.3) is 0 Å². The third-order valence-electron chi connectivity index (χ3n) is 1.68. The van der Waals surface area contributed by atoms with Gasteiger partial charge in [0, 0.05) is 16.6 Å². The normalized spacial score (nSPS) is 10.2. The molecule has 0 bridgehead atoms. The predicted octanol–water partition coefficient (Wildman–Crippen LogP) is 3.32. The molecule has 0 aliphatic rings. The first-order valence-corrected chi connectivity index (χ1v) is 5.38. The summed E-state index contributed by atoms with van der Waals surface area (Å²) in [5.41, 5.74) is 0.606. The lowest BCUT2D eigenvalue weighted by atomic mass is 10.1. The Morgan fingerprint density at radius 2 is 2.29 bits per heavy atom. The summed E-state index contributed by atoms with van der Waals surface area (Å²) in [7, 11) is 0. The van der Waals surface area contributed by atoms with Crippen molar-refractivity contribution in [2.45, 2.75) is 6.92 Å². The Bertz CT molecular complexity index is 339. The molecular weight excluding hydrogens is 267 g/mol. The van der Waals surface area contributed by atoms with Gasteiger partial charge in [0.15, 0.2) is 5.78 Å². The number of carbonyl (C=O) groups excluding carboxylic acids is 1. The monoisotopic (exact) mass is 276 g/mol. The Hall–Kier alpha value is -0.380. The fraction of sp³-hybridized carbons (Fsp3) is 0.300. The van der Waals surface area contributed by atoms with E-state index in [1.54, 1.807) is 18.2 Å².